The predicted octanol–water partition coefficient (Wildman–Crippen LogP) is 4.61. The Morgan fingerprint density at radius 1 is 1.11 bits per heavy atom. The predicted molar refractivity (Wildman–Crippen MR) is 80.6 cm³/mol. The van der Waals surface area contributed by atoms with E-state index in [4.69, 9.17) is 0 Å². The van der Waals surface area contributed by atoms with Crippen molar-refractivity contribution < 1.29 is 0 Å². The number of hydrogen-bond acceptors (Lipinski definition) is 1. The third-order valence-corrected chi connectivity index (χ3v) is 3.54. The van der Waals surface area contributed by atoms with Gasteiger partial charge in [0.15, 0.2) is 0 Å². The molecule has 1 atom stereocenters. The van der Waals surface area contributed by atoms with E-state index in [1.807, 2.05) is 6.07 Å². The van der Waals surface area contributed by atoms with E-state index in [0.717, 1.165) is 11.0 Å². The number of aryl methyl sites for hydroxylation is 1. The van der Waals surface area contributed by atoms with Crippen LogP contribution >= 0.6 is 15.9 Å². The molecule has 0 spiro atoms. The van der Waals surface area contributed by atoms with E-state index in [9.17, 15) is 0 Å². The van der Waals surface area contributed by atoms with Crippen LogP contribution < -0.4 is 5.32 Å². The van der Waals surface area contributed by atoms with Crippen molar-refractivity contribution in [1.82, 2.24) is 5.32 Å². The Balaban J connectivity index is 1.98. The first-order valence-electron chi connectivity index (χ1n) is 6.19. The zero-order valence-electron chi connectivity index (χ0n) is 10.8. The lowest BCUT2D eigenvalue weighted by Gasteiger charge is -2.15. The summed E-state index contributed by atoms with van der Waals surface area (Å²) >= 11 is 3.50. The van der Waals surface area contributed by atoms with E-state index in [-0.39, 0.29) is 0 Å². The van der Waals surface area contributed by atoms with E-state index in [0.29, 0.717) is 6.04 Å². The number of nitrogens with one attached hydrogen (secondary N) is 1. The normalized spacial score (nSPS) is 12.4. The second kappa shape index (κ2) is 6.17. The molecule has 0 bridgehead atoms. The Morgan fingerprint density at radius 3 is 2.61 bits per heavy atom. The van der Waals surface area contributed by atoms with Crippen molar-refractivity contribution in [2.45, 2.75) is 26.4 Å². The average Bonchev–Trinajstić information content (AvgIpc) is 2.36. The van der Waals surface area contributed by atoms with Gasteiger partial charge in [-0.25, -0.2) is 0 Å². The second-order valence-electron chi connectivity index (χ2n) is 4.65. The van der Waals surface area contributed by atoms with Crippen LogP contribution in [0, 0.1) is 6.92 Å². The Labute approximate surface area is 117 Å². The first kappa shape index (κ1) is 13.3. The minimum atomic E-state index is 0.365. The molecule has 0 aromatic heterocycles. The van der Waals surface area contributed by atoms with E-state index >= 15 is 0 Å². The quantitative estimate of drug-likeness (QED) is 0.870. The van der Waals surface area contributed by atoms with Crippen LogP contribution in [0.5, 0.6) is 0 Å². The molecule has 1 nitrogen and oxygen atoms in total. The topological polar surface area (TPSA) is 12.0 Å². The lowest BCUT2D eigenvalue weighted by atomic mass is 10.1. The molecule has 2 rings (SSSR count). The van der Waals surface area contributed by atoms with Gasteiger partial charge in [-0.15, -0.1) is 0 Å². The van der Waals surface area contributed by atoms with Gasteiger partial charge in [-0.05, 0) is 37.1 Å². The lowest BCUT2D eigenvalue weighted by Crippen LogP contribution is -2.18. The first-order valence-corrected chi connectivity index (χ1v) is 6.99. The second-order valence-corrected chi connectivity index (χ2v) is 5.56. The molecule has 0 aliphatic carbocycles. The van der Waals surface area contributed by atoms with Crippen molar-refractivity contribution in [2.24, 2.45) is 0 Å². The van der Waals surface area contributed by atoms with Gasteiger partial charge < -0.3 is 5.32 Å². The fourth-order valence-corrected chi connectivity index (χ4v) is 2.42. The molecule has 2 heteroatoms. The molecule has 2 aromatic rings. The molecular weight excluding hydrogens is 286 g/mol. The minimum Gasteiger partial charge on any atom is -0.306 e. The highest BCUT2D eigenvalue weighted by Crippen LogP contribution is 2.16. The van der Waals surface area contributed by atoms with Gasteiger partial charge in [-0.2, -0.15) is 0 Å². The number of hydrogen-bond donors (Lipinski definition) is 1. The van der Waals surface area contributed by atoms with Crippen LogP contribution in [0.4, 0.5) is 0 Å². The molecule has 0 aliphatic heterocycles. The molecule has 1 N–H and O–H groups in total. The first-order chi connectivity index (χ1) is 8.65. The monoisotopic (exact) mass is 303 g/mol. The minimum absolute atomic E-state index is 0.365. The molecule has 94 valence electrons. The Kier molecular flexibility index (Phi) is 4.56. The fourth-order valence-electron chi connectivity index (χ4n) is 1.98. The lowest BCUT2D eigenvalue weighted by molar-refractivity contribution is 0.574. The van der Waals surface area contributed by atoms with E-state index in [1.165, 1.54) is 16.7 Å². The van der Waals surface area contributed by atoms with Crippen LogP contribution in [0.3, 0.4) is 0 Å². The van der Waals surface area contributed by atoms with Crippen molar-refractivity contribution in [3.63, 3.8) is 0 Å². The number of rotatable bonds is 4. The van der Waals surface area contributed by atoms with E-state index < -0.39 is 0 Å². The average molecular weight is 304 g/mol. The maximum Gasteiger partial charge on any atom is 0.0295 e. The van der Waals surface area contributed by atoms with Crippen LogP contribution in [0.1, 0.15) is 29.7 Å². The largest absolute Gasteiger partial charge is 0.306 e. The summed E-state index contributed by atoms with van der Waals surface area (Å²) in [5.41, 5.74) is 3.94. The van der Waals surface area contributed by atoms with Crippen molar-refractivity contribution in [2.75, 3.05) is 0 Å². The van der Waals surface area contributed by atoms with Crippen molar-refractivity contribution in [3.8, 4) is 0 Å². The molecule has 0 amide bonds. The molecule has 2 aromatic carbocycles. The van der Waals surface area contributed by atoms with Crippen LogP contribution in [0.2, 0.25) is 0 Å². The summed E-state index contributed by atoms with van der Waals surface area (Å²) in [6.45, 7) is 5.21. The van der Waals surface area contributed by atoms with Crippen molar-refractivity contribution in [1.29, 1.82) is 0 Å². The molecule has 0 aliphatic rings. The SMILES string of the molecule is Cc1cccc([C@H](C)NCc2cccc(Br)c2)c1. The summed E-state index contributed by atoms with van der Waals surface area (Å²) in [7, 11) is 0. The van der Waals surface area contributed by atoms with Gasteiger partial charge in [-0.3, -0.25) is 0 Å². The van der Waals surface area contributed by atoms with Gasteiger partial charge in [0.05, 0.1) is 0 Å². The zero-order valence-corrected chi connectivity index (χ0v) is 12.4. The highest BCUT2D eigenvalue weighted by atomic mass is 79.9. The van der Waals surface area contributed by atoms with Crippen LogP contribution in [-0.4, -0.2) is 0 Å². The van der Waals surface area contributed by atoms with E-state index in [1.54, 1.807) is 0 Å². The van der Waals surface area contributed by atoms with Gasteiger partial charge in [0, 0.05) is 17.1 Å². The molecule has 0 saturated heterocycles. The van der Waals surface area contributed by atoms with Crippen LogP contribution in [0.25, 0.3) is 0 Å². The summed E-state index contributed by atoms with van der Waals surface area (Å²) in [5, 5.41) is 3.55. The Hall–Kier alpha value is -1.12. The Bertz CT molecular complexity index is 522. The smallest absolute Gasteiger partial charge is 0.0295 e. The fraction of sp³-hybridized carbons (Fsp3) is 0.250. The Morgan fingerprint density at radius 2 is 1.89 bits per heavy atom. The summed E-state index contributed by atoms with van der Waals surface area (Å²) in [6.07, 6.45) is 0. The molecule has 0 radical (unpaired) electrons. The van der Waals surface area contributed by atoms with Gasteiger partial charge in [0.25, 0.3) is 0 Å². The summed E-state index contributed by atoms with van der Waals surface area (Å²) < 4.78 is 1.13. The van der Waals surface area contributed by atoms with Gasteiger partial charge in [-0.1, -0.05) is 57.9 Å². The zero-order chi connectivity index (χ0) is 13.0. The van der Waals surface area contributed by atoms with Gasteiger partial charge in [0.1, 0.15) is 0 Å². The molecule has 0 saturated carbocycles. The third-order valence-electron chi connectivity index (χ3n) is 3.04. The standard InChI is InChI=1S/C16H18BrN/c1-12-5-3-7-15(9-12)13(2)18-11-14-6-4-8-16(17)10-14/h3-10,13,18H,11H2,1-2H3/t13-/m0/s1. The van der Waals surface area contributed by atoms with Gasteiger partial charge >= 0.3 is 0 Å². The van der Waals surface area contributed by atoms with Gasteiger partial charge in [0.2, 0.25) is 0 Å². The molecular formula is C16H18BrN. The number of benzene rings is 2. The summed E-state index contributed by atoms with van der Waals surface area (Å²) in [4.78, 5) is 0. The maximum absolute atomic E-state index is 3.55. The highest BCUT2D eigenvalue weighted by molar-refractivity contribution is 9.10. The highest BCUT2D eigenvalue weighted by Gasteiger charge is 2.04. The third kappa shape index (κ3) is 3.69. The van der Waals surface area contributed by atoms with Crippen molar-refractivity contribution in [3.05, 3.63) is 69.7 Å². The summed E-state index contributed by atoms with van der Waals surface area (Å²) in [5.74, 6) is 0. The molecule has 0 heterocycles. The van der Waals surface area contributed by atoms with Crippen molar-refractivity contribution >= 4 is 15.9 Å². The molecule has 18 heavy (non-hydrogen) atoms. The molecule has 0 fully saturated rings. The van der Waals surface area contributed by atoms with Crippen LogP contribution in [0.15, 0.2) is 53.0 Å². The van der Waals surface area contributed by atoms with Crippen LogP contribution in [-0.2, 0) is 6.54 Å². The number of halogens is 1. The molecule has 0 unspecified atom stereocenters. The van der Waals surface area contributed by atoms with E-state index in [2.05, 4.69) is 77.6 Å². The summed E-state index contributed by atoms with van der Waals surface area (Å²) in [6, 6.07) is 17.4. The maximum atomic E-state index is 3.55.